The molecule has 1 atom stereocenters. The number of methoxy groups -OCH3 is 1. The Morgan fingerprint density at radius 2 is 1.59 bits per heavy atom. The molecule has 0 saturated heterocycles. The summed E-state index contributed by atoms with van der Waals surface area (Å²) in [4.78, 5) is 41.3. The van der Waals surface area contributed by atoms with Crippen LogP contribution in [0.4, 0.5) is 0 Å². The molecule has 1 aliphatic heterocycles. The summed E-state index contributed by atoms with van der Waals surface area (Å²) in [5.74, 6) is -0.431. The highest BCUT2D eigenvalue weighted by atomic mass is 16.5. The first-order valence-corrected chi connectivity index (χ1v) is 11.7. The number of para-hydroxylation sites is 2. The molecule has 7 nitrogen and oxygen atoms in total. The SMILES string of the molecule is COC(=O)C1=C(n2c(=O)c(=O)n(C)c3ccccc32)CCN(C2CCCCCCC2)C1C. The van der Waals surface area contributed by atoms with Crippen molar-refractivity contribution in [2.24, 2.45) is 7.05 Å². The van der Waals surface area contributed by atoms with Gasteiger partial charge in [-0.15, -0.1) is 0 Å². The second kappa shape index (κ2) is 9.45. The quantitative estimate of drug-likeness (QED) is 0.542. The molecule has 1 aromatic carbocycles. The van der Waals surface area contributed by atoms with E-state index in [1.165, 1.54) is 48.3 Å². The normalized spacial score (nSPS) is 21.4. The van der Waals surface area contributed by atoms with E-state index in [0.29, 0.717) is 34.8 Å². The predicted molar refractivity (Wildman–Crippen MR) is 126 cm³/mol. The van der Waals surface area contributed by atoms with Gasteiger partial charge in [0.05, 0.1) is 23.7 Å². The number of rotatable bonds is 3. The maximum atomic E-state index is 13.2. The molecule has 0 amide bonds. The topological polar surface area (TPSA) is 73.5 Å². The molecule has 4 rings (SSSR count). The summed E-state index contributed by atoms with van der Waals surface area (Å²) in [7, 11) is 2.98. The van der Waals surface area contributed by atoms with Crippen LogP contribution in [0.15, 0.2) is 39.4 Å². The predicted octanol–water partition coefficient (Wildman–Crippen LogP) is 3.29. The van der Waals surface area contributed by atoms with E-state index in [2.05, 4.69) is 4.90 Å². The van der Waals surface area contributed by atoms with E-state index in [4.69, 9.17) is 4.74 Å². The average Bonchev–Trinajstić information content (AvgIpc) is 2.78. The molecule has 2 aliphatic rings. The first kappa shape index (κ1) is 22.5. The summed E-state index contributed by atoms with van der Waals surface area (Å²) in [6, 6.07) is 7.55. The smallest absolute Gasteiger partial charge is 0.337 e. The van der Waals surface area contributed by atoms with E-state index in [1.807, 2.05) is 31.2 Å². The van der Waals surface area contributed by atoms with Crippen LogP contribution in [0.3, 0.4) is 0 Å². The van der Waals surface area contributed by atoms with Gasteiger partial charge < -0.3 is 9.30 Å². The van der Waals surface area contributed by atoms with Crippen LogP contribution in [0.25, 0.3) is 16.7 Å². The zero-order valence-corrected chi connectivity index (χ0v) is 19.3. The van der Waals surface area contributed by atoms with Gasteiger partial charge in [-0.3, -0.25) is 19.1 Å². The third kappa shape index (κ3) is 3.94. The van der Waals surface area contributed by atoms with Gasteiger partial charge in [-0.1, -0.05) is 44.2 Å². The van der Waals surface area contributed by atoms with Crippen LogP contribution < -0.4 is 11.1 Å². The molecule has 0 bridgehead atoms. The first-order chi connectivity index (χ1) is 15.5. The summed E-state index contributed by atoms with van der Waals surface area (Å²) >= 11 is 0. The Bertz CT molecular complexity index is 1150. The summed E-state index contributed by atoms with van der Waals surface area (Å²) in [6.07, 6.45) is 9.01. The highest BCUT2D eigenvalue weighted by Gasteiger charge is 2.36. The summed E-state index contributed by atoms with van der Waals surface area (Å²) in [5.41, 5.74) is 1.13. The van der Waals surface area contributed by atoms with Crippen LogP contribution in [0, 0.1) is 0 Å². The molecular formula is C25H33N3O4. The fourth-order valence-corrected chi connectivity index (χ4v) is 5.53. The number of hydrogen-bond donors (Lipinski definition) is 0. The lowest BCUT2D eigenvalue weighted by Crippen LogP contribution is -2.49. The second-order valence-electron chi connectivity index (χ2n) is 9.01. The van der Waals surface area contributed by atoms with Crippen molar-refractivity contribution < 1.29 is 9.53 Å². The Kier molecular flexibility index (Phi) is 6.65. The third-order valence-electron chi connectivity index (χ3n) is 7.23. The Morgan fingerprint density at radius 3 is 2.25 bits per heavy atom. The molecule has 2 heterocycles. The molecule has 1 aromatic heterocycles. The van der Waals surface area contributed by atoms with Crippen molar-refractivity contribution in [3.8, 4) is 0 Å². The van der Waals surface area contributed by atoms with Gasteiger partial charge in [-0.25, -0.2) is 4.79 Å². The van der Waals surface area contributed by atoms with Crippen LogP contribution in [0.5, 0.6) is 0 Å². The van der Waals surface area contributed by atoms with Crippen molar-refractivity contribution in [2.75, 3.05) is 13.7 Å². The number of carbonyl (C=O) groups excluding carboxylic acids is 1. The Balaban J connectivity index is 1.87. The van der Waals surface area contributed by atoms with Gasteiger partial charge in [0.1, 0.15) is 0 Å². The van der Waals surface area contributed by atoms with Gasteiger partial charge in [-0.2, -0.15) is 0 Å². The van der Waals surface area contributed by atoms with Crippen molar-refractivity contribution in [1.82, 2.24) is 14.0 Å². The van der Waals surface area contributed by atoms with Crippen LogP contribution in [0.2, 0.25) is 0 Å². The summed E-state index contributed by atoms with van der Waals surface area (Å²) < 4.78 is 8.00. The number of nitrogens with zero attached hydrogens (tertiary/aromatic N) is 3. The standard InChI is InChI=1S/C25H33N3O4/c1-17-22(25(31)32-3)21(15-16-27(17)18-11-7-5-4-6-8-12-18)28-20-14-10-9-13-19(20)26(2)23(29)24(28)30/h9-10,13-14,17-18H,4-8,11-12,15-16H2,1-3H3. The number of carbonyl (C=O) groups is 1. The number of benzene rings is 1. The number of esters is 1. The zero-order chi connectivity index (χ0) is 22.8. The lowest BCUT2D eigenvalue weighted by molar-refractivity contribution is -0.137. The third-order valence-corrected chi connectivity index (χ3v) is 7.23. The molecule has 0 N–H and O–H groups in total. The van der Waals surface area contributed by atoms with Crippen molar-refractivity contribution in [3.05, 3.63) is 50.5 Å². The molecular weight excluding hydrogens is 406 g/mol. The molecule has 7 heteroatoms. The highest BCUT2D eigenvalue weighted by Crippen LogP contribution is 2.33. The van der Waals surface area contributed by atoms with Crippen LogP contribution in [-0.4, -0.2) is 45.7 Å². The fraction of sp³-hybridized carbons (Fsp3) is 0.560. The molecule has 1 aliphatic carbocycles. The van der Waals surface area contributed by atoms with Gasteiger partial charge in [-0.05, 0) is 31.9 Å². The van der Waals surface area contributed by atoms with Crippen molar-refractivity contribution in [1.29, 1.82) is 0 Å². The summed E-state index contributed by atoms with van der Waals surface area (Å²) in [6.45, 7) is 2.77. The molecule has 2 aromatic rings. The lowest BCUT2D eigenvalue weighted by atomic mass is 9.90. The Labute approximate surface area is 188 Å². The number of fused-ring (bicyclic) bond motifs is 1. The molecule has 172 valence electrons. The minimum absolute atomic E-state index is 0.189. The van der Waals surface area contributed by atoms with Crippen LogP contribution in [-0.2, 0) is 16.6 Å². The zero-order valence-electron chi connectivity index (χ0n) is 19.3. The molecule has 0 spiro atoms. The Hall–Kier alpha value is -2.67. The lowest BCUT2D eigenvalue weighted by Gasteiger charge is -2.42. The van der Waals surface area contributed by atoms with E-state index in [1.54, 1.807) is 7.05 Å². The number of ether oxygens (including phenoxy) is 1. The fourth-order valence-electron chi connectivity index (χ4n) is 5.53. The molecule has 1 fully saturated rings. The molecule has 1 unspecified atom stereocenters. The summed E-state index contributed by atoms with van der Waals surface area (Å²) in [5, 5.41) is 0. The van der Waals surface area contributed by atoms with Gasteiger partial charge in [0.2, 0.25) is 0 Å². The molecule has 0 radical (unpaired) electrons. The number of aryl methyl sites for hydroxylation is 1. The van der Waals surface area contributed by atoms with Gasteiger partial charge in [0, 0.05) is 37.8 Å². The van der Waals surface area contributed by atoms with E-state index in [0.717, 1.165) is 19.4 Å². The second-order valence-corrected chi connectivity index (χ2v) is 9.01. The average molecular weight is 440 g/mol. The first-order valence-electron chi connectivity index (χ1n) is 11.7. The highest BCUT2D eigenvalue weighted by molar-refractivity contribution is 5.97. The monoisotopic (exact) mass is 439 g/mol. The minimum atomic E-state index is -0.630. The maximum Gasteiger partial charge on any atom is 0.337 e. The van der Waals surface area contributed by atoms with Crippen molar-refractivity contribution in [3.63, 3.8) is 0 Å². The van der Waals surface area contributed by atoms with Gasteiger partial charge >= 0.3 is 17.1 Å². The van der Waals surface area contributed by atoms with E-state index < -0.39 is 17.1 Å². The molecule has 32 heavy (non-hydrogen) atoms. The van der Waals surface area contributed by atoms with Crippen molar-refractivity contribution in [2.45, 2.75) is 70.4 Å². The largest absolute Gasteiger partial charge is 0.466 e. The van der Waals surface area contributed by atoms with Crippen LogP contribution in [0.1, 0.15) is 58.3 Å². The van der Waals surface area contributed by atoms with E-state index in [-0.39, 0.29) is 6.04 Å². The van der Waals surface area contributed by atoms with E-state index >= 15 is 0 Å². The Morgan fingerprint density at radius 1 is 0.969 bits per heavy atom. The van der Waals surface area contributed by atoms with Crippen LogP contribution >= 0.6 is 0 Å². The van der Waals surface area contributed by atoms with Gasteiger partial charge in [0.25, 0.3) is 0 Å². The van der Waals surface area contributed by atoms with Crippen molar-refractivity contribution >= 4 is 22.7 Å². The number of hydrogen-bond acceptors (Lipinski definition) is 5. The van der Waals surface area contributed by atoms with Gasteiger partial charge in [0.15, 0.2) is 0 Å². The van der Waals surface area contributed by atoms with E-state index in [9.17, 15) is 14.4 Å². The number of aromatic nitrogens is 2. The molecule has 1 saturated carbocycles. The maximum absolute atomic E-state index is 13.2. The minimum Gasteiger partial charge on any atom is -0.466 e.